The normalized spacial score (nSPS) is 21.5. The Morgan fingerprint density at radius 2 is 1.90 bits per heavy atom. The third-order valence-corrected chi connectivity index (χ3v) is 5.58. The van der Waals surface area contributed by atoms with Gasteiger partial charge in [-0.1, -0.05) is 18.2 Å². The minimum Gasteiger partial charge on any atom is -0.459 e. The van der Waals surface area contributed by atoms with Crippen LogP contribution in [0.15, 0.2) is 47.1 Å². The first-order chi connectivity index (χ1) is 14.3. The predicted octanol–water partition coefficient (Wildman–Crippen LogP) is 3.00. The number of rotatable bonds is 2. The maximum Gasteiger partial charge on any atom is 0.290 e. The van der Waals surface area contributed by atoms with E-state index in [-0.39, 0.29) is 36.1 Å². The molecule has 0 bridgehead atoms. The summed E-state index contributed by atoms with van der Waals surface area (Å²) in [7, 11) is 0. The van der Waals surface area contributed by atoms with E-state index >= 15 is 0 Å². The Morgan fingerprint density at radius 1 is 1.13 bits per heavy atom. The second-order valence-electron chi connectivity index (χ2n) is 8.96. The van der Waals surface area contributed by atoms with Crippen LogP contribution in [0.3, 0.4) is 0 Å². The minimum absolute atomic E-state index is 0.0771. The van der Waals surface area contributed by atoms with Crippen LogP contribution in [-0.4, -0.2) is 52.2 Å². The Labute approximate surface area is 176 Å². The molecule has 0 saturated carbocycles. The SMILES string of the molecule is CC(C)(C)NC(=O)C1c2ccccc2C(=O)N2CCCC2CN1C(=O)c1ccco1. The number of hydrogen-bond acceptors (Lipinski definition) is 4. The molecule has 3 heterocycles. The summed E-state index contributed by atoms with van der Waals surface area (Å²) in [5, 5.41) is 2.99. The maximum atomic E-state index is 13.5. The molecule has 1 N–H and O–H groups in total. The molecule has 7 nitrogen and oxygen atoms in total. The molecular weight excluding hydrogens is 382 g/mol. The third kappa shape index (κ3) is 3.72. The fourth-order valence-electron chi connectivity index (χ4n) is 4.34. The van der Waals surface area contributed by atoms with Crippen molar-refractivity contribution < 1.29 is 18.8 Å². The topological polar surface area (TPSA) is 82.9 Å². The van der Waals surface area contributed by atoms with Crippen molar-refractivity contribution in [1.29, 1.82) is 0 Å². The van der Waals surface area contributed by atoms with Crippen molar-refractivity contribution >= 4 is 17.7 Å². The van der Waals surface area contributed by atoms with E-state index in [0.717, 1.165) is 12.8 Å². The van der Waals surface area contributed by atoms with E-state index in [4.69, 9.17) is 4.42 Å². The Morgan fingerprint density at radius 3 is 2.60 bits per heavy atom. The first kappa shape index (κ1) is 20.2. The van der Waals surface area contributed by atoms with Crippen LogP contribution < -0.4 is 5.32 Å². The molecular formula is C23H27N3O4. The zero-order valence-electron chi connectivity index (χ0n) is 17.6. The lowest BCUT2D eigenvalue weighted by Gasteiger charge is -2.39. The van der Waals surface area contributed by atoms with Crippen molar-refractivity contribution in [3.05, 3.63) is 59.5 Å². The average Bonchev–Trinajstić information content (AvgIpc) is 3.36. The number of nitrogens with zero attached hydrogens (tertiary/aromatic N) is 2. The molecule has 1 saturated heterocycles. The molecule has 7 heteroatoms. The summed E-state index contributed by atoms with van der Waals surface area (Å²) in [5.74, 6) is -0.566. The molecule has 2 aromatic rings. The van der Waals surface area contributed by atoms with E-state index in [9.17, 15) is 14.4 Å². The summed E-state index contributed by atoms with van der Waals surface area (Å²) >= 11 is 0. The van der Waals surface area contributed by atoms with Crippen LogP contribution >= 0.6 is 0 Å². The fourth-order valence-corrected chi connectivity index (χ4v) is 4.34. The second-order valence-corrected chi connectivity index (χ2v) is 8.96. The van der Waals surface area contributed by atoms with Crippen molar-refractivity contribution in [2.45, 2.75) is 51.2 Å². The Balaban J connectivity index is 1.86. The number of carbonyl (C=O) groups is 3. The van der Waals surface area contributed by atoms with Crippen LogP contribution in [0.5, 0.6) is 0 Å². The molecule has 1 aromatic carbocycles. The lowest BCUT2D eigenvalue weighted by Crippen LogP contribution is -2.54. The van der Waals surface area contributed by atoms with Crippen molar-refractivity contribution in [3.8, 4) is 0 Å². The van der Waals surface area contributed by atoms with E-state index < -0.39 is 11.6 Å². The number of nitrogens with one attached hydrogen (secondary N) is 1. The van der Waals surface area contributed by atoms with Crippen LogP contribution in [0.4, 0.5) is 0 Å². The molecule has 158 valence electrons. The highest BCUT2D eigenvalue weighted by molar-refractivity contribution is 6.01. The van der Waals surface area contributed by atoms with Crippen molar-refractivity contribution in [1.82, 2.24) is 15.1 Å². The lowest BCUT2D eigenvalue weighted by atomic mass is 9.93. The van der Waals surface area contributed by atoms with Crippen molar-refractivity contribution in [3.63, 3.8) is 0 Å². The average molecular weight is 409 g/mol. The molecule has 1 fully saturated rings. The van der Waals surface area contributed by atoms with E-state index in [1.54, 1.807) is 41.3 Å². The molecule has 0 aliphatic carbocycles. The summed E-state index contributed by atoms with van der Waals surface area (Å²) in [6.45, 7) is 6.61. The number of amides is 3. The van der Waals surface area contributed by atoms with Crippen LogP contribution in [0.1, 0.15) is 66.1 Å². The van der Waals surface area contributed by atoms with Crippen LogP contribution in [0.2, 0.25) is 0 Å². The Kier molecular flexibility index (Phi) is 5.13. The van der Waals surface area contributed by atoms with E-state index in [0.29, 0.717) is 17.7 Å². The third-order valence-electron chi connectivity index (χ3n) is 5.58. The Bertz CT molecular complexity index is 961. The maximum absolute atomic E-state index is 13.5. The number of fused-ring (bicyclic) bond motifs is 2. The molecule has 0 spiro atoms. The summed E-state index contributed by atoms with van der Waals surface area (Å²) < 4.78 is 5.37. The smallest absolute Gasteiger partial charge is 0.290 e. The molecule has 2 aliphatic rings. The van der Waals surface area contributed by atoms with Gasteiger partial charge in [0.2, 0.25) is 5.91 Å². The zero-order chi connectivity index (χ0) is 21.5. The van der Waals surface area contributed by atoms with Gasteiger partial charge in [0.1, 0.15) is 6.04 Å². The molecule has 2 aliphatic heterocycles. The van der Waals surface area contributed by atoms with Gasteiger partial charge in [0, 0.05) is 30.2 Å². The summed E-state index contributed by atoms with van der Waals surface area (Å²) in [6, 6.07) is 9.29. The highest BCUT2D eigenvalue weighted by Gasteiger charge is 2.43. The van der Waals surface area contributed by atoms with Gasteiger partial charge in [-0.25, -0.2) is 0 Å². The van der Waals surface area contributed by atoms with Gasteiger partial charge in [0.05, 0.1) is 6.26 Å². The summed E-state index contributed by atoms with van der Waals surface area (Å²) in [5.41, 5.74) is 0.516. The highest BCUT2D eigenvalue weighted by Crippen LogP contribution is 2.34. The lowest BCUT2D eigenvalue weighted by molar-refractivity contribution is -0.127. The number of hydrogen-bond donors (Lipinski definition) is 1. The molecule has 0 radical (unpaired) electrons. The summed E-state index contributed by atoms with van der Waals surface area (Å²) in [4.78, 5) is 43.6. The monoisotopic (exact) mass is 409 g/mol. The van der Waals surface area contributed by atoms with Gasteiger partial charge >= 0.3 is 0 Å². The van der Waals surface area contributed by atoms with Gasteiger partial charge in [-0.2, -0.15) is 0 Å². The quantitative estimate of drug-likeness (QED) is 0.827. The van der Waals surface area contributed by atoms with Crippen LogP contribution in [0, 0.1) is 0 Å². The fraction of sp³-hybridized carbons (Fsp3) is 0.435. The highest BCUT2D eigenvalue weighted by atomic mass is 16.3. The predicted molar refractivity (Wildman–Crippen MR) is 111 cm³/mol. The summed E-state index contributed by atoms with van der Waals surface area (Å²) in [6.07, 6.45) is 3.12. The van der Waals surface area contributed by atoms with E-state index in [1.807, 2.05) is 25.7 Å². The van der Waals surface area contributed by atoms with Crippen LogP contribution in [-0.2, 0) is 4.79 Å². The largest absolute Gasteiger partial charge is 0.459 e. The van der Waals surface area contributed by atoms with Crippen molar-refractivity contribution in [2.24, 2.45) is 0 Å². The number of benzene rings is 1. The van der Waals surface area contributed by atoms with Gasteiger partial charge in [0.15, 0.2) is 5.76 Å². The van der Waals surface area contributed by atoms with Gasteiger partial charge < -0.3 is 19.5 Å². The van der Waals surface area contributed by atoms with E-state index in [2.05, 4.69) is 5.32 Å². The van der Waals surface area contributed by atoms with Gasteiger partial charge in [-0.05, 0) is 57.4 Å². The van der Waals surface area contributed by atoms with E-state index in [1.165, 1.54) is 6.26 Å². The molecule has 3 amide bonds. The molecule has 4 rings (SSSR count). The second kappa shape index (κ2) is 7.63. The first-order valence-corrected chi connectivity index (χ1v) is 10.3. The molecule has 30 heavy (non-hydrogen) atoms. The van der Waals surface area contributed by atoms with Gasteiger partial charge in [0.25, 0.3) is 11.8 Å². The first-order valence-electron chi connectivity index (χ1n) is 10.3. The molecule has 1 aromatic heterocycles. The number of furan rings is 1. The Hall–Kier alpha value is -3.09. The van der Waals surface area contributed by atoms with Crippen molar-refractivity contribution in [2.75, 3.05) is 13.1 Å². The minimum atomic E-state index is -0.926. The van der Waals surface area contributed by atoms with Gasteiger partial charge in [-0.15, -0.1) is 0 Å². The standard InChI is InChI=1S/C23H27N3O4/c1-23(2,3)24-20(27)19-16-9-4-5-10-17(16)21(28)25-12-6-8-15(25)14-26(19)22(29)18-11-7-13-30-18/h4-5,7,9-11,13,15,19H,6,8,12,14H2,1-3H3,(H,24,27). The van der Waals surface area contributed by atoms with Gasteiger partial charge in [-0.3, -0.25) is 14.4 Å². The molecule has 2 atom stereocenters. The molecule has 2 unspecified atom stereocenters. The van der Waals surface area contributed by atoms with Crippen LogP contribution in [0.25, 0.3) is 0 Å². The number of carbonyl (C=O) groups excluding carboxylic acids is 3. The zero-order valence-corrected chi connectivity index (χ0v) is 17.6.